The first-order valence-corrected chi connectivity index (χ1v) is 7.46. The number of thioether (sulfide) groups is 1. The van der Waals surface area contributed by atoms with Crippen LogP contribution in [0, 0.1) is 5.92 Å². The van der Waals surface area contributed by atoms with E-state index in [1.807, 2.05) is 11.8 Å². The summed E-state index contributed by atoms with van der Waals surface area (Å²) in [6.45, 7) is 11.3. The lowest BCUT2D eigenvalue weighted by molar-refractivity contribution is 0.411. The van der Waals surface area contributed by atoms with Gasteiger partial charge >= 0.3 is 0 Å². The molecule has 1 saturated heterocycles. The quantitative estimate of drug-likeness (QED) is 0.813. The van der Waals surface area contributed by atoms with Gasteiger partial charge in [-0.15, -0.1) is 0 Å². The summed E-state index contributed by atoms with van der Waals surface area (Å²) < 4.78 is 0. The van der Waals surface area contributed by atoms with Crippen molar-refractivity contribution in [3.8, 4) is 0 Å². The van der Waals surface area contributed by atoms with E-state index in [0.717, 1.165) is 11.1 Å². The van der Waals surface area contributed by atoms with Crippen molar-refractivity contribution < 1.29 is 0 Å². The minimum atomic E-state index is 0.220. The van der Waals surface area contributed by atoms with Crippen molar-refractivity contribution in [3.05, 3.63) is 0 Å². The molecule has 3 heteroatoms. The molecule has 1 atom stereocenters. The predicted octanol–water partition coefficient (Wildman–Crippen LogP) is 3.67. The molecule has 0 radical (unpaired) electrons. The maximum Gasteiger partial charge on any atom is 0.157 e. The van der Waals surface area contributed by atoms with Crippen molar-refractivity contribution >= 4 is 16.9 Å². The Balaban J connectivity index is 2.61. The Morgan fingerprint density at radius 3 is 2.50 bits per heavy atom. The van der Waals surface area contributed by atoms with Gasteiger partial charge in [0.2, 0.25) is 0 Å². The number of hydrogen-bond acceptors (Lipinski definition) is 2. The van der Waals surface area contributed by atoms with Crippen LogP contribution in [0.4, 0.5) is 0 Å². The van der Waals surface area contributed by atoms with Crippen LogP contribution in [0.15, 0.2) is 4.99 Å². The van der Waals surface area contributed by atoms with E-state index in [4.69, 9.17) is 4.99 Å². The second kappa shape index (κ2) is 5.95. The van der Waals surface area contributed by atoms with Gasteiger partial charge < -0.3 is 5.32 Å². The van der Waals surface area contributed by atoms with Gasteiger partial charge in [0.05, 0.1) is 6.04 Å². The number of amidine groups is 1. The van der Waals surface area contributed by atoms with Gasteiger partial charge in [0.25, 0.3) is 0 Å². The molecule has 2 nitrogen and oxygen atoms in total. The van der Waals surface area contributed by atoms with Crippen LogP contribution in [0.5, 0.6) is 0 Å². The molecule has 94 valence electrons. The summed E-state index contributed by atoms with van der Waals surface area (Å²) in [7, 11) is 0. The highest BCUT2D eigenvalue weighted by molar-refractivity contribution is 8.13. The normalized spacial score (nSPS) is 24.5. The van der Waals surface area contributed by atoms with Crippen LogP contribution in [0.25, 0.3) is 0 Å². The van der Waals surface area contributed by atoms with E-state index in [0.29, 0.717) is 6.04 Å². The third-order valence-electron chi connectivity index (χ3n) is 3.46. The maximum absolute atomic E-state index is 4.84. The molecular weight excluding hydrogens is 216 g/mol. The van der Waals surface area contributed by atoms with Gasteiger partial charge in [-0.2, -0.15) is 0 Å². The highest BCUT2D eigenvalue weighted by Crippen LogP contribution is 2.23. The van der Waals surface area contributed by atoms with Gasteiger partial charge in [-0.25, -0.2) is 0 Å². The van der Waals surface area contributed by atoms with Gasteiger partial charge in [-0.05, 0) is 33.1 Å². The highest BCUT2D eigenvalue weighted by atomic mass is 32.2. The predicted molar refractivity (Wildman–Crippen MR) is 75.3 cm³/mol. The highest BCUT2D eigenvalue weighted by Gasteiger charge is 2.25. The van der Waals surface area contributed by atoms with E-state index in [1.54, 1.807) is 0 Å². The standard InChI is InChI=1S/C13H26N2S/c1-6-11(7-2)10(3)14-12-15-13(4,5)8-9-16-12/h10-11H,6-9H2,1-5H3,(H,14,15). The lowest BCUT2D eigenvalue weighted by Gasteiger charge is -2.33. The van der Waals surface area contributed by atoms with E-state index in [9.17, 15) is 0 Å². The van der Waals surface area contributed by atoms with Gasteiger partial charge in [-0.1, -0.05) is 38.5 Å². The number of nitrogens with zero attached hydrogens (tertiary/aromatic N) is 1. The molecule has 1 N–H and O–H groups in total. The SMILES string of the molecule is CCC(CC)C(C)N=C1NC(C)(C)CCS1. The lowest BCUT2D eigenvalue weighted by Crippen LogP contribution is -2.46. The maximum atomic E-state index is 4.84. The van der Waals surface area contributed by atoms with Crippen LogP contribution < -0.4 is 5.32 Å². The number of nitrogens with one attached hydrogen (secondary N) is 1. The molecule has 1 heterocycles. The zero-order valence-corrected chi connectivity index (χ0v) is 12.2. The fourth-order valence-electron chi connectivity index (χ4n) is 2.12. The lowest BCUT2D eigenvalue weighted by atomic mass is 9.96. The molecule has 1 rings (SSSR count). The van der Waals surface area contributed by atoms with Crippen molar-refractivity contribution in [3.63, 3.8) is 0 Å². The monoisotopic (exact) mass is 242 g/mol. The summed E-state index contributed by atoms with van der Waals surface area (Å²) >= 11 is 1.87. The molecule has 0 aromatic rings. The van der Waals surface area contributed by atoms with Crippen molar-refractivity contribution in [2.75, 3.05) is 5.75 Å². The third-order valence-corrected chi connectivity index (χ3v) is 4.35. The van der Waals surface area contributed by atoms with E-state index >= 15 is 0 Å². The molecule has 0 spiro atoms. The summed E-state index contributed by atoms with van der Waals surface area (Å²) in [6.07, 6.45) is 3.67. The average Bonchev–Trinajstić information content (AvgIpc) is 2.17. The van der Waals surface area contributed by atoms with Gasteiger partial charge in [0.1, 0.15) is 0 Å². The minimum Gasteiger partial charge on any atom is -0.360 e. The fraction of sp³-hybridized carbons (Fsp3) is 0.923. The van der Waals surface area contributed by atoms with Crippen LogP contribution in [-0.2, 0) is 0 Å². The average molecular weight is 242 g/mol. The Labute approximate surface area is 105 Å². The summed E-state index contributed by atoms with van der Waals surface area (Å²) in [6, 6.07) is 0.443. The van der Waals surface area contributed by atoms with Crippen LogP contribution in [0.2, 0.25) is 0 Å². The summed E-state index contributed by atoms with van der Waals surface area (Å²) in [5.41, 5.74) is 0.220. The topological polar surface area (TPSA) is 24.4 Å². The number of rotatable bonds is 4. The molecule has 0 aromatic heterocycles. The van der Waals surface area contributed by atoms with Crippen LogP contribution in [0.1, 0.15) is 53.9 Å². The first-order valence-electron chi connectivity index (χ1n) is 6.47. The summed E-state index contributed by atoms with van der Waals surface area (Å²) in [5.74, 6) is 1.91. The van der Waals surface area contributed by atoms with Crippen molar-refractivity contribution in [1.82, 2.24) is 5.32 Å². The Morgan fingerprint density at radius 1 is 1.38 bits per heavy atom. The third kappa shape index (κ3) is 4.00. The molecule has 1 aliphatic rings. The molecule has 1 unspecified atom stereocenters. The van der Waals surface area contributed by atoms with Gasteiger partial charge in [-0.3, -0.25) is 4.99 Å². The Kier molecular flexibility index (Phi) is 5.16. The molecule has 16 heavy (non-hydrogen) atoms. The largest absolute Gasteiger partial charge is 0.360 e. The molecule has 1 aliphatic heterocycles. The molecule has 0 bridgehead atoms. The van der Waals surface area contributed by atoms with Gasteiger partial charge in [0, 0.05) is 11.3 Å². The zero-order valence-electron chi connectivity index (χ0n) is 11.3. The smallest absolute Gasteiger partial charge is 0.157 e. The number of hydrogen-bond donors (Lipinski definition) is 1. The number of aliphatic imine (C=N–C) groups is 1. The van der Waals surface area contributed by atoms with E-state index in [1.165, 1.54) is 25.0 Å². The van der Waals surface area contributed by atoms with Crippen molar-refractivity contribution in [2.24, 2.45) is 10.9 Å². The first-order chi connectivity index (χ1) is 7.48. The molecule has 1 fully saturated rings. The van der Waals surface area contributed by atoms with Crippen LogP contribution in [0.3, 0.4) is 0 Å². The van der Waals surface area contributed by atoms with Gasteiger partial charge in [0.15, 0.2) is 5.17 Å². The zero-order chi connectivity index (χ0) is 12.2. The molecule has 0 amide bonds. The van der Waals surface area contributed by atoms with E-state index in [-0.39, 0.29) is 5.54 Å². The minimum absolute atomic E-state index is 0.220. The van der Waals surface area contributed by atoms with E-state index in [2.05, 4.69) is 39.9 Å². The van der Waals surface area contributed by atoms with E-state index < -0.39 is 0 Å². The molecule has 0 aliphatic carbocycles. The second-order valence-corrected chi connectivity index (χ2v) is 6.44. The molecular formula is C13H26N2S. The first kappa shape index (κ1) is 13.9. The Hall–Kier alpha value is -0.180. The van der Waals surface area contributed by atoms with Crippen LogP contribution >= 0.6 is 11.8 Å². The Morgan fingerprint density at radius 2 is 2.00 bits per heavy atom. The Bertz CT molecular complexity index is 244. The summed E-state index contributed by atoms with van der Waals surface area (Å²) in [4.78, 5) is 4.84. The summed E-state index contributed by atoms with van der Waals surface area (Å²) in [5, 5.41) is 4.69. The molecule has 0 saturated carbocycles. The second-order valence-electron chi connectivity index (χ2n) is 5.36. The van der Waals surface area contributed by atoms with Crippen molar-refractivity contribution in [2.45, 2.75) is 65.5 Å². The fourth-order valence-corrected chi connectivity index (χ4v) is 3.52. The van der Waals surface area contributed by atoms with Crippen LogP contribution in [-0.4, -0.2) is 22.5 Å². The van der Waals surface area contributed by atoms with Crippen molar-refractivity contribution in [1.29, 1.82) is 0 Å². The molecule has 0 aromatic carbocycles.